The molecule has 2 rings (SSSR count). The number of benzene rings is 1. The Labute approximate surface area is 122 Å². The predicted octanol–water partition coefficient (Wildman–Crippen LogP) is 1.52. The van der Waals surface area contributed by atoms with Crippen molar-refractivity contribution in [2.45, 2.75) is 18.9 Å². The molecule has 1 heterocycles. The maximum absolute atomic E-state index is 12.2. The highest BCUT2D eigenvalue weighted by Gasteiger charge is 2.33. The summed E-state index contributed by atoms with van der Waals surface area (Å²) in [6, 6.07) is 5.85. The maximum atomic E-state index is 12.2. The van der Waals surface area contributed by atoms with E-state index in [0.29, 0.717) is 12.2 Å². The van der Waals surface area contributed by atoms with Crippen LogP contribution in [0, 0.1) is 21.4 Å². The predicted molar refractivity (Wildman–Crippen MR) is 76.9 cm³/mol. The summed E-state index contributed by atoms with van der Waals surface area (Å²) in [5, 5.41) is 20.0. The van der Waals surface area contributed by atoms with E-state index in [0.717, 1.165) is 12.8 Å². The van der Waals surface area contributed by atoms with Gasteiger partial charge in [-0.3, -0.25) is 14.9 Å². The Morgan fingerprint density at radius 1 is 1.52 bits per heavy atom. The highest BCUT2D eigenvalue weighted by Crippen LogP contribution is 2.31. The van der Waals surface area contributed by atoms with Crippen molar-refractivity contribution in [3.63, 3.8) is 0 Å². The fourth-order valence-corrected chi connectivity index (χ4v) is 2.59. The summed E-state index contributed by atoms with van der Waals surface area (Å²) >= 11 is 0. The van der Waals surface area contributed by atoms with E-state index in [1.165, 1.54) is 17.0 Å². The molecule has 0 bridgehead atoms. The summed E-state index contributed by atoms with van der Waals surface area (Å²) in [5.74, 6) is -0.0188. The average molecular weight is 288 g/mol. The molecule has 1 amide bonds. The lowest BCUT2D eigenvalue weighted by atomic mass is 10.1. The number of rotatable bonds is 3. The van der Waals surface area contributed by atoms with Gasteiger partial charge >= 0.3 is 0 Å². The minimum absolute atomic E-state index is 0.0188. The highest BCUT2D eigenvalue weighted by molar-refractivity contribution is 5.86. The lowest BCUT2D eigenvalue weighted by Crippen LogP contribution is -2.43. The van der Waals surface area contributed by atoms with Gasteiger partial charge in [0.1, 0.15) is 12.1 Å². The van der Waals surface area contributed by atoms with E-state index in [2.05, 4.69) is 0 Å². The molecule has 0 spiro atoms. The molecule has 1 fully saturated rings. The highest BCUT2D eigenvalue weighted by atomic mass is 16.6. The smallest absolute Gasteiger partial charge is 0.270 e. The van der Waals surface area contributed by atoms with Crippen LogP contribution in [0.4, 0.5) is 11.4 Å². The minimum atomic E-state index is -0.531. The van der Waals surface area contributed by atoms with Gasteiger partial charge in [-0.25, -0.2) is 0 Å². The van der Waals surface area contributed by atoms with Crippen molar-refractivity contribution in [3.05, 3.63) is 33.9 Å². The molecule has 0 N–H and O–H groups in total. The summed E-state index contributed by atoms with van der Waals surface area (Å²) in [4.78, 5) is 25.8. The summed E-state index contributed by atoms with van der Waals surface area (Å²) in [6.07, 6.45) is 1.57. The molecule has 21 heavy (non-hydrogen) atoms. The molecule has 0 aromatic heterocycles. The number of hydrogen-bond donors (Lipinski definition) is 0. The topological polar surface area (TPSA) is 90.5 Å². The van der Waals surface area contributed by atoms with E-state index in [-0.39, 0.29) is 23.2 Å². The van der Waals surface area contributed by atoms with Gasteiger partial charge in [0.2, 0.25) is 5.91 Å². The van der Waals surface area contributed by atoms with Crippen molar-refractivity contribution in [1.82, 2.24) is 4.90 Å². The largest absolute Gasteiger partial charge is 0.358 e. The second-order valence-corrected chi connectivity index (χ2v) is 5.15. The Hall–Kier alpha value is -2.62. The van der Waals surface area contributed by atoms with Gasteiger partial charge in [0, 0.05) is 32.8 Å². The zero-order valence-corrected chi connectivity index (χ0v) is 11.9. The van der Waals surface area contributed by atoms with Crippen LogP contribution in [0.15, 0.2) is 18.2 Å². The van der Waals surface area contributed by atoms with Crippen molar-refractivity contribution >= 4 is 17.3 Å². The zero-order valence-electron chi connectivity index (χ0n) is 11.9. The molecule has 1 aliphatic heterocycles. The molecule has 1 atom stereocenters. The molecule has 1 aromatic carbocycles. The van der Waals surface area contributed by atoms with Crippen LogP contribution < -0.4 is 4.90 Å². The number of hydrogen-bond acceptors (Lipinski definition) is 5. The van der Waals surface area contributed by atoms with E-state index in [9.17, 15) is 20.2 Å². The first-order valence-corrected chi connectivity index (χ1v) is 6.62. The maximum Gasteiger partial charge on any atom is 0.270 e. The van der Waals surface area contributed by atoms with E-state index >= 15 is 0 Å². The lowest BCUT2D eigenvalue weighted by Gasteiger charge is -2.28. The molecule has 7 heteroatoms. The molecule has 0 saturated carbocycles. The number of nitriles is 1. The number of likely N-dealkylation sites (N-methyl/N-ethyl adjacent to an activating group) is 1. The Kier molecular flexibility index (Phi) is 4.08. The second kappa shape index (κ2) is 5.79. The molecule has 1 aliphatic rings. The van der Waals surface area contributed by atoms with Crippen LogP contribution in [-0.4, -0.2) is 42.4 Å². The number of nitrogens with zero attached hydrogens (tertiary/aromatic N) is 4. The summed E-state index contributed by atoms with van der Waals surface area (Å²) < 4.78 is 0. The molecule has 1 saturated heterocycles. The Balaban J connectivity index is 2.39. The van der Waals surface area contributed by atoms with Crippen LogP contribution in [0.3, 0.4) is 0 Å². The second-order valence-electron chi connectivity index (χ2n) is 5.15. The van der Waals surface area contributed by atoms with E-state index in [1.807, 2.05) is 11.0 Å². The van der Waals surface area contributed by atoms with Gasteiger partial charge in [0.05, 0.1) is 16.2 Å². The minimum Gasteiger partial charge on any atom is -0.358 e. The van der Waals surface area contributed by atoms with Crippen molar-refractivity contribution in [3.8, 4) is 6.07 Å². The van der Waals surface area contributed by atoms with Crippen molar-refractivity contribution in [2.24, 2.45) is 0 Å². The number of amides is 1. The van der Waals surface area contributed by atoms with Gasteiger partial charge in [0.15, 0.2) is 0 Å². The van der Waals surface area contributed by atoms with Crippen LogP contribution in [0.5, 0.6) is 0 Å². The third kappa shape index (κ3) is 2.79. The summed E-state index contributed by atoms with van der Waals surface area (Å²) in [7, 11) is 3.39. The van der Waals surface area contributed by atoms with E-state index in [1.54, 1.807) is 20.2 Å². The molecule has 110 valence electrons. The van der Waals surface area contributed by atoms with E-state index in [4.69, 9.17) is 0 Å². The number of nitro benzene ring substituents is 1. The van der Waals surface area contributed by atoms with Crippen LogP contribution in [0.2, 0.25) is 0 Å². The van der Waals surface area contributed by atoms with Crippen molar-refractivity contribution < 1.29 is 9.72 Å². The molecule has 1 aromatic rings. The number of anilines is 1. The quantitative estimate of drug-likeness (QED) is 0.621. The fourth-order valence-electron chi connectivity index (χ4n) is 2.59. The van der Waals surface area contributed by atoms with Crippen LogP contribution >= 0.6 is 0 Å². The van der Waals surface area contributed by atoms with Gasteiger partial charge in [-0.1, -0.05) is 0 Å². The first-order chi connectivity index (χ1) is 9.95. The fraction of sp³-hybridized carbons (Fsp3) is 0.429. The Morgan fingerprint density at radius 2 is 2.24 bits per heavy atom. The van der Waals surface area contributed by atoms with Gasteiger partial charge in [-0.15, -0.1) is 0 Å². The monoisotopic (exact) mass is 288 g/mol. The number of nitro groups is 1. The van der Waals surface area contributed by atoms with Gasteiger partial charge in [-0.05, 0) is 18.9 Å². The van der Waals surface area contributed by atoms with E-state index < -0.39 is 4.92 Å². The number of carbonyl (C=O) groups excluding carboxylic acids is 1. The summed E-state index contributed by atoms with van der Waals surface area (Å²) in [6.45, 7) is 0.663. The molecule has 0 unspecified atom stereocenters. The third-order valence-corrected chi connectivity index (χ3v) is 3.60. The summed E-state index contributed by atoms with van der Waals surface area (Å²) in [5.41, 5.74) is 0.688. The number of carbonyl (C=O) groups is 1. The zero-order chi connectivity index (χ0) is 15.6. The standard InChI is InChI=1S/C14H16N4O3/c1-16(2)14(19)13-4-3-7-17(13)12-6-5-11(18(20)21)8-10(12)9-15/h5-6,8,13H,3-4,7H2,1-2H3/t13-/m1/s1. The van der Waals surface area contributed by atoms with Crippen molar-refractivity contribution in [2.75, 3.05) is 25.5 Å². The van der Waals surface area contributed by atoms with Gasteiger partial charge < -0.3 is 9.80 Å². The Morgan fingerprint density at radius 3 is 2.81 bits per heavy atom. The van der Waals surface area contributed by atoms with Crippen molar-refractivity contribution in [1.29, 1.82) is 5.26 Å². The first-order valence-electron chi connectivity index (χ1n) is 6.62. The molecule has 7 nitrogen and oxygen atoms in total. The average Bonchev–Trinajstić information content (AvgIpc) is 2.94. The number of non-ortho nitro benzene ring substituents is 1. The van der Waals surface area contributed by atoms with Crippen LogP contribution in [0.1, 0.15) is 18.4 Å². The first kappa shape index (κ1) is 14.8. The molecular weight excluding hydrogens is 272 g/mol. The normalized spacial score (nSPS) is 17.4. The molecule has 0 aliphatic carbocycles. The lowest BCUT2D eigenvalue weighted by molar-refractivity contribution is -0.384. The third-order valence-electron chi connectivity index (χ3n) is 3.60. The Bertz CT molecular complexity index is 621. The van der Waals surface area contributed by atoms with Crippen LogP contribution in [-0.2, 0) is 4.79 Å². The molecular formula is C14H16N4O3. The van der Waals surface area contributed by atoms with Crippen LogP contribution in [0.25, 0.3) is 0 Å². The molecule has 0 radical (unpaired) electrons. The van der Waals surface area contributed by atoms with Gasteiger partial charge in [0.25, 0.3) is 5.69 Å². The van der Waals surface area contributed by atoms with Gasteiger partial charge in [-0.2, -0.15) is 5.26 Å². The SMILES string of the molecule is CN(C)C(=O)[C@H]1CCCN1c1ccc([N+](=O)[O-])cc1C#N.